The molecule has 0 aliphatic heterocycles. The minimum atomic E-state index is 1.04. The first-order valence-corrected chi connectivity index (χ1v) is 18.0. The molecule has 0 bridgehead atoms. The van der Waals surface area contributed by atoms with Crippen LogP contribution in [0.1, 0.15) is 22.3 Å². The molecule has 0 N–H and O–H groups in total. The summed E-state index contributed by atoms with van der Waals surface area (Å²) in [6.45, 7) is 0. The van der Waals surface area contributed by atoms with Crippen LogP contribution in [0.25, 0.3) is 87.6 Å². The van der Waals surface area contributed by atoms with Gasteiger partial charge in [0.05, 0.1) is 0 Å². The van der Waals surface area contributed by atoms with E-state index in [-0.39, 0.29) is 0 Å². The highest BCUT2D eigenvalue weighted by Crippen LogP contribution is 2.51. The van der Waals surface area contributed by atoms with Crippen molar-refractivity contribution < 1.29 is 0 Å². The van der Waals surface area contributed by atoms with Crippen molar-refractivity contribution in [3.63, 3.8) is 0 Å². The first kappa shape index (κ1) is 27.9. The number of aryl methyl sites for hydroxylation is 2. The Morgan fingerprint density at radius 3 is 1.02 bits per heavy atom. The standard InChI is InChI=1S/C50H34/c1-5-17-35-31(13-1)25-27-43-45(29-33-15-3-7-19-37(33)47(35)43)49-39-21-9-11-23-41(39)50(42-24-12-10-22-40(42)49)46-30-34-16-4-8-20-38(34)48-36-18-6-2-14-32(36)26-28-44(46)48/h1-24,29-30H,25-28H2. The Morgan fingerprint density at radius 1 is 0.260 bits per heavy atom. The van der Waals surface area contributed by atoms with Crippen LogP contribution >= 0.6 is 0 Å². The van der Waals surface area contributed by atoms with Crippen LogP contribution in [-0.2, 0) is 25.7 Å². The highest BCUT2D eigenvalue weighted by atomic mass is 14.3. The Morgan fingerprint density at radius 2 is 0.600 bits per heavy atom. The van der Waals surface area contributed by atoms with Gasteiger partial charge in [-0.05, 0) is 148 Å². The molecule has 0 fully saturated rings. The Labute approximate surface area is 292 Å². The molecule has 0 aromatic heterocycles. The molecule has 0 unspecified atom stereocenters. The van der Waals surface area contributed by atoms with Gasteiger partial charge < -0.3 is 0 Å². The molecule has 9 aromatic carbocycles. The molecule has 0 spiro atoms. The van der Waals surface area contributed by atoms with Gasteiger partial charge in [-0.3, -0.25) is 0 Å². The molecule has 11 rings (SSSR count). The van der Waals surface area contributed by atoms with Gasteiger partial charge in [-0.1, -0.05) is 146 Å². The molecule has 0 heteroatoms. The van der Waals surface area contributed by atoms with E-state index in [9.17, 15) is 0 Å². The second kappa shape index (κ2) is 10.8. The van der Waals surface area contributed by atoms with Gasteiger partial charge in [0.15, 0.2) is 0 Å². The summed E-state index contributed by atoms with van der Waals surface area (Å²) >= 11 is 0. The normalized spacial score (nSPS) is 13.3. The van der Waals surface area contributed by atoms with Gasteiger partial charge in [0.1, 0.15) is 0 Å². The second-order valence-electron chi connectivity index (χ2n) is 14.2. The quantitative estimate of drug-likeness (QED) is 0.166. The highest BCUT2D eigenvalue weighted by molar-refractivity contribution is 6.24. The van der Waals surface area contributed by atoms with Gasteiger partial charge in [-0.25, -0.2) is 0 Å². The van der Waals surface area contributed by atoms with E-state index in [1.807, 2.05) is 0 Å². The molecule has 50 heavy (non-hydrogen) atoms. The summed E-state index contributed by atoms with van der Waals surface area (Å²) in [4.78, 5) is 0. The third-order valence-electron chi connectivity index (χ3n) is 11.6. The molecular formula is C50H34. The van der Waals surface area contributed by atoms with Crippen molar-refractivity contribution >= 4 is 43.1 Å². The lowest BCUT2D eigenvalue weighted by Gasteiger charge is -2.28. The van der Waals surface area contributed by atoms with Crippen LogP contribution in [0.5, 0.6) is 0 Å². The van der Waals surface area contributed by atoms with Crippen LogP contribution in [0.2, 0.25) is 0 Å². The molecule has 0 heterocycles. The zero-order chi connectivity index (χ0) is 32.8. The molecule has 9 aromatic rings. The summed E-state index contributed by atoms with van der Waals surface area (Å²) in [6.07, 6.45) is 4.20. The lowest BCUT2D eigenvalue weighted by Crippen LogP contribution is -2.08. The van der Waals surface area contributed by atoms with Crippen LogP contribution in [0, 0.1) is 0 Å². The second-order valence-corrected chi connectivity index (χ2v) is 14.2. The fourth-order valence-electron chi connectivity index (χ4n) is 9.55. The van der Waals surface area contributed by atoms with E-state index in [1.165, 1.54) is 110 Å². The highest BCUT2D eigenvalue weighted by Gasteiger charge is 2.27. The Balaban J connectivity index is 1.28. The molecule has 2 aliphatic carbocycles. The third-order valence-corrected chi connectivity index (χ3v) is 11.6. The van der Waals surface area contributed by atoms with Crippen molar-refractivity contribution in [3.05, 3.63) is 180 Å². The number of hydrogen-bond acceptors (Lipinski definition) is 0. The Hall–Kier alpha value is -5.98. The molecule has 234 valence electrons. The molecule has 0 saturated heterocycles. The fraction of sp³-hybridized carbons (Fsp3) is 0.0800. The van der Waals surface area contributed by atoms with Crippen molar-refractivity contribution in [1.82, 2.24) is 0 Å². The van der Waals surface area contributed by atoms with Crippen LogP contribution in [0.3, 0.4) is 0 Å². The van der Waals surface area contributed by atoms with Gasteiger partial charge in [0.2, 0.25) is 0 Å². The summed E-state index contributed by atoms with van der Waals surface area (Å²) < 4.78 is 0. The first-order chi connectivity index (χ1) is 24.8. The summed E-state index contributed by atoms with van der Waals surface area (Å²) in [5.74, 6) is 0. The summed E-state index contributed by atoms with van der Waals surface area (Å²) in [5.41, 5.74) is 16.9. The van der Waals surface area contributed by atoms with Crippen LogP contribution < -0.4 is 0 Å². The van der Waals surface area contributed by atoms with E-state index in [2.05, 4.69) is 158 Å². The zero-order valence-corrected chi connectivity index (χ0v) is 27.8. The maximum atomic E-state index is 2.49. The monoisotopic (exact) mass is 634 g/mol. The average molecular weight is 635 g/mol. The minimum Gasteiger partial charge on any atom is -0.0620 e. The molecule has 0 amide bonds. The predicted molar refractivity (Wildman–Crippen MR) is 213 cm³/mol. The van der Waals surface area contributed by atoms with Crippen molar-refractivity contribution in [2.75, 3.05) is 0 Å². The van der Waals surface area contributed by atoms with Gasteiger partial charge in [-0.15, -0.1) is 0 Å². The number of benzene rings is 9. The Bertz CT molecular complexity index is 2610. The molecule has 0 atom stereocenters. The van der Waals surface area contributed by atoms with Crippen LogP contribution in [0.4, 0.5) is 0 Å². The van der Waals surface area contributed by atoms with E-state index in [1.54, 1.807) is 0 Å². The molecule has 0 nitrogen and oxygen atoms in total. The molecule has 0 saturated carbocycles. The number of hydrogen-bond donors (Lipinski definition) is 0. The number of fused-ring (bicyclic) bond motifs is 12. The lowest BCUT2D eigenvalue weighted by atomic mass is 9.75. The van der Waals surface area contributed by atoms with E-state index >= 15 is 0 Å². The van der Waals surface area contributed by atoms with E-state index < -0.39 is 0 Å². The maximum Gasteiger partial charge on any atom is -0.00232 e. The topological polar surface area (TPSA) is 0 Å². The smallest absolute Gasteiger partial charge is 0.00232 e. The number of rotatable bonds is 2. The molecular weight excluding hydrogens is 601 g/mol. The Kier molecular flexibility index (Phi) is 6.01. The summed E-state index contributed by atoms with van der Waals surface area (Å²) in [5, 5.41) is 10.6. The van der Waals surface area contributed by atoms with Crippen molar-refractivity contribution in [2.24, 2.45) is 0 Å². The van der Waals surface area contributed by atoms with E-state index in [0.717, 1.165) is 25.7 Å². The molecule has 0 radical (unpaired) electrons. The van der Waals surface area contributed by atoms with E-state index in [4.69, 9.17) is 0 Å². The van der Waals surface area contributed by atoms with Crippen molar-refractivity contribution in [3.8, 4) is 44.5 Å². The fourth-order valence-corrected chi connectivity index (χ4v) is 9.55. The molecule has 2 aliphatic rings. The van der Waals surface area contributed by atoms with Gasteiger partial charge in [0, 0.05) is 0 Å². The SMILES string of the molecule is c1ccc2c(c1)CCc1c(-c3c4ccccc4c(-c4cc5ccccc5c5c4CCc4ccccc4-5)c4ccccc34)cc3ccccc3c1-2. The maximum absolute atomic E-state index is 2.49. The predicted octanol–water partition coefficient (Wildman–Crippen LogP) is 13.2. The lowest BCUT2D eigenvalue weighted by molar-refractivity contribution is 0.947. The van der Waals surface area contributed by atoms with Crippen molar-refractivity contribution in [2.45, 2.75) is 25.7 Å². The minimum absolute atomic E-state index is 1.04. The summed E-state index contributed by atoms with van der Waals surface area (Å²) in [7, 11) is 0. The third kappa shape index (κ3) is 3.94. The first-order valence-electron chi connectivity index (χ1n) is 18.0. The van der Waals surface area contributed by atoms with Crippen LogP contribution in [0.15, 0.2) is 158 Å². The van der Waals surface area contributed by atoms with Gasteiger partial charge >= 0.3 is 0 Å². The average Bonchev–Trinajstić information content (AvgIpc) is 3.19. The largest absolute Gasteiger partial charge is 0.0620 e. The van der Waals surface area contributed by atoms with Gasteiger partial charge in [-0.2, -0.15) is 0 Å². The van der Waals surface area contributed by atoms with Crippen molar-refractivity contribution in [1.29, 1.82) is 0 Å². The van der Waals surface area contributed by atoms with Gasteiger partial charge in [0.25, 0.3) is 0 Å². The van der Waals surface area contributed by atoms with Crippen LogP contribution in [-0.4, -0.2) is 0 Å². The van der Waals surface area contributed by atoms with E-state index in [0.29, 0.717) is 0 Å². The zero-order valence-electron chi connectivity index (χ0n) is 27.8. The summed E-state index contributed by atoms with van der Waals surface area (Å²) in [6, 6.07) is 59.6.